The second kappa shape index (κ2) is 12.1. The molecule has 0 unspecified atom stereocenters. The van der Waals surface area contributed by atoms with E-state index in [9.17, 15) is 0 Å². The zero-order valence-electron chi connectivity index (χ0n) is 12.2. The summed E-state index contributed by atoms with van der Waals surface area (Å²) in [5.74, 6) is 0. The maximum Gasteiger partial charge on any atom is 0.500 e. The van der Waals surface area contributed by atoms with E-state index in [1.807, 2.05) is 0 Å². The Morgan fingerprint density at radius 1 is 0.667 bits per heavy atom. The van der Waals surface area contributed by atoms with Crippen molar-refractivity contribution in [3.05, 3.63) is 0 Å². The monoisotopic (exact) mass is 280 g/mol. The molecule has 0 atom stereocenters. The highest BCUT2D eigenvalue weighted by atomic mass is 28.4. The van der Waals surface area contributed by atoms with Crippen LogP contribution in [-0.4, -0.2) is 57.1 Å². The third-order valence-corrected chi connectivity index (χ3v) is 5.72. The molecule has 0 aromatic carbocycles. The molecule has 0 aliphatic heterocycles. The van der Waals surface area contributed by atoms with Crippen LogP contribution in [0.5, 0.6) is 0 Å². The molecular weight excluding hydrogens is 252 g/mol. The van der Waals surface area contributed by atoms with Gasteiger partial charge in [0.15, 0.2) is 0 Å². The fraction of sp³-hybridized carbons (Fsp3) is 1.00. The highest BCUT2D eigenvalue weighted by molar-refractivity contribution is 6.60. The topological polar surface area (TPSA) is 46.2 Å². The lowest BCUT2D eigenvalue weighted by Gasteiger charge is -2.24. The summed E-state index contributed by atoms with van der Waals surface area (Å²) in [6.45, 7) is 2.16. The van der Waals surface area contributed by atoms with Crippen molar-refractivity contribution in [2.45, 2.75) is 31.7 Å². The largest absolute Gasteiger partial charge is 0.500 e. The molecule has 0 rings (SSSR count). The fourth-order valence-corrected chi connectivity index (χ4v) is 3.50. The quantitative estimate of drug-likeness (QED) is 0.382. The molecule has 0 aliphatic carbocycles. The predicted molar refractivity (Wildman–Crippen MR) is 72.8 cm³/mol. The van der Waals surface area contributed by atoms with Gasteiger partial charge in [-0.05, 0) is 12.8 Å². The summed E-state index contributed by atoms with van der Waals surface area (Å²) >= 11 is 0. The van der Waals surface area contributed by atoms with E-state index in [1.54, 1.807) is 28.4 Å². The van der Waals surface area contributed by atoms with E-state index in [2.05, 4.69) is 0 Å². The van der Waals surface area contributed by atoms with Crippen LogP contribution in [0, 0.1) is 0 Å². The van der Waals surface area contributed by atoms with E-state index < -0.39 is 8.80 Å². The van der Waals surface area contributed by atoms with Crippen molar-refractivity contribution in [2.24, 2.45) is 0 Å². The number of ether oxygens (including phenoxy) is 2. The first-order valence-electron chi connectivity index (χ1n) is 6.46. The van der Waals surface area contributed by atoms with Crippen molar-refractivity contribution < 1.29 is 22.8 Å². The smallest absolute Gasteiger partial charge is 0.382 e. The van der Waals surface area contributed by atoms with Crippen LogP contribution in [0.2, 0.25) is 6.04 Å². The minimum Gasteiger partial charge on any atom is -0.382 e. The summed E-state index contributed by atoms with van der Waals surface area (Å²) in [5, 5.41) is 0. The van der Waals surface area contributed by atoms with Gasteiger partial charge >= 0.3 is 8.80 Å². The van der Waals surface area contributed by atoms with Crippen molar-refractivity contribution >= 4 is 8.80 Å². The van der Waals surface area contributed by atoms with Gasteiger partial charge in [-0.1, -0.05) is 12.8 Å². The van der Waals surface area contributed by atoms with Gasteiger partial charge in [0.05, 0.1) is 13.2 Å². The van der Waals surface area contributed by atoms with Crippen LogP contribution >= 0.6 is 0 Å². The van der Waals surface area contributed by atoms with Gasteiger partial charge in [-0.25, -0.2) is 0 Å². The molecule has 0 saturated heterocycles. The molecule has 0 fully saturated rings. The van der Waals surface area contributed by atoms with Gasteiger partial charge in [-0.15, -0.1) is 0 Å². The summed E-state index contributed by atoms with van der Waals surface area (Å²) in [7, 11) is 4.30. The van der Waals surface area contributed by atoms with Crippen molar-refractivity contribution in [3.8, 4) is 0 Å². The summed E-state index contributed by atoms with van der Waals surface area (Å²) in [5.41, 5.74) is 0. The average Bonchev–Trinajstić information content (AvgIpc) is 2.42. The summed E-state index contributed by atoms with van der Waals surface area (Å²) in [6, 6.07) is 0.876. The second-order valence-electron chi connectivity index (χ2n) is 4.06. The lowest BCUT2D eigenvalue weighted by atomic mass is 10.2. The van der Waals surface area contributed by atoms with Gasteiger partial charge in [-0.2, -0.15) is 0 Å². The van der Waals surface area contributed by atoms with E-state index in [0.717, 1.165) is 38.3 Å². The van der Waals surface area contributed by atoms with Crippen LogP contribution in [-0.2, 0) is 22.8 Å². The third-order valence-electron chi connectivity index (χ3n) is 2.89. The summed E-state index contributed by atoms with van der Waals surface area (Å²) in [4.78, 5) is 0. The van der Waals surface area contributed by atoms with Crippen LogP contribution in [0.1, 0.15) is 25.7 Å². The van der Waals surface area contributed by atoms with Crippen molar-refractivity contribution in [2.75, 3.05) is 48.3 Å². The molecule has 0 spiro atoms. The SMILES string of the molecule is COCCOCCCCCC[Si](OC)(OC)OC. The Kier molecular flexibility index (Phi) is 12.1. The lowest BCUT2D eigenvalue weighted by Crippen LogP contribution is -2.42. The van der Waals surface area contributed by atoms with Crippen molar-refractivity contribution in [3.63, 3.8) is 0 Å². The van der Waals surface area contributed by atoms with Gasteiger partial charge in [0.2, 0.25) is 0 Å². The van der Waals surface area contributed by atoms with E-state index in [0.29, 0.717) is 13.2 Å². The fourth-order valence-electron chi connectivity index (χ4n) is 1.70. The Morgan fingerprint density at radius 2 is 1.28 bits per heavy atom. The number of unbranched alkanes of at least 4 members (excludes halogenated alkanes) is 3. The average molecular weight is 280 g/mol. The number of rotatable bonds is 13. The summed E-state index contributed by atoms with van der Waals surface area (Å²) < 4.78 is 26.4. The van der Waals surface area contributed by atoms with Crippen molar-refractivity contribution in [1.29, 1.82) is 0 Å². The molecule has 5 nitrogen and oxygen atoms in total. The van der Waals surface area contributed by atoms with Gasteiger partial charge in [-0.3, -0.25) is 0 Å². The molecule has 0 saturated carbocycles. The lowest BCUT2D eigenvalue weighted by molar-refractivity contribution is 0.0685. The van der Waals surface area contributed by atoms with E-state index in [1.165, 1.54) is 0 Å². The molecule has 0 aliphatic rings. The Balaban J connectivity index is 3.38. The minimum atomic E-state index is -2.35. The Labute approximate surface area is 112 Å². The molecule has 0 aromatic heterocycles. The van der Waals surface area contributed by atoms with Crippen LogP contribution in [0.4, 0.5) is 0 Å². The predicted octanol–water partition coefficient (Wildman–Crippen LogP) is 2.09. The molecule has 18 heavy (non-hydrogen) atoms. The number of hydrogen-bond donors (Lipinski definition) is 0. The third kappa shape index (κ3) is 8.18. The first-order chi connectivity index (χ1) is 8.74. The molecule has 0 radical (unpaired) electrons. The zero-order valence-corrected chi connectivity index (χ0v) is 13.2. The Bertz CT molecular complexity index is 168. The standard InChI is InChI=1S/C12H28O5Si/c1-13-10-11-17-9-7-5-6-8-12-18(14-2,15-3)16-4/h5-12H2,1-4H3. The van der Waals surface area contributed by atoms with Crippen LogP contribution in [0.15, 0.2) is 0 Å². The molecule has 0 aromatic rings. The van der Waals surface area contributed by atoms with E-state index in [4.69, 9.17) is 22.8 Å². The molecule has 0 N–H and O–H groups in total. The molecule has 0 heterocycles. The number of hydrogen-bond acceptors (Lipinski definition) is 5. The Hall–Kier alpha value is 0.0169. The maximum absolute atomic E-state index is 5.39. The van der Waals surface area contributed by atoms with E-state index >= 15 is 0 Å². The van der Waals surface area contributed by atoms with Crippen LogP contribution < -0.4 is 0 Å². The normalized spacial score (nSPS) is 12.0. The minimum absolute atomic E-state index is 0.670. The Morgan fingerprint density at radius 3 is 1.83 bits per heavy atom. The number of methoxy groups -OCH3 is 1. The first kappa shape index (κ1) is 18.0. The van der Waals surface area contributed by atoms with Gasteiger partial charge < -0.3 is 22.8 Å². The summed E-state index contributed by atoms with van der Waals surface area (Å²) in [6.07, 6.45) is 4.47. The molecule has 110 valence electrons. The zero-order chi connectivity index (χ0) is 13.7. The molecule has 0 amide bonds. The molecule has 6 heteroatoms. The molecule has 0 bridgehead atoms. The highest BCUT2D eigenvalue weighted by Gasteiger charge is 2.36. The van der Waals surface area contributed by atoms with Crippen molar-refractivity contribution in [1.82, 2.24) is 0 Å². The first-order valence-corrected chi connectivity index (χ1v) is 8.40. The highest BCUT2D eigenvalue weighted by Crippen LogP contribution is 2.17. The van der Waals surface area contributed by atoms with Crippen LogP contribution in [0.25, 0.3) is 0 Å². The molecular formula is C12H28O5Si. The van der Waals surface area contributed by atoms with Crippen LogP contribution in [0.3, 0.4) is 0 Å². The second-order valence-corrected chi connectivity index (χ2v) is 7.16. The maximum atomic E-state index is 5.39. The van der Waals surface area contributed by atoms with Gasteiger partial charge in [0, 0.05) is 41.1 Å². The van der Waals surface area contributed by atoms with Gasteiger partial charge in [0.25, 0.3) is 0 Å². The van der Waals surface area contributed by atoms with Gasteiger partial charge in [0.1, 0.15) is 0 Å². The van der Waals surface area contributed by atoms with E-state index in [-0.39, 0.29) is 0 Å².